The molecule has 0 bridgehead atoms. The first kappa shape index (κ1) is 20.9. The number of carbonyl (C=O) groups excluding carboxylic acids is 2. The monoisotopic (exact) mass is 441 g/mol. The molecule has 3 aromatic carbocycles. The minimum absolute atomic E-state index is 0.00196. The van der Waals surface area contributed by atoms with E-state index in [-0.39, 0.29) is 34.7 Å². The molecular weight excluding hydrogens is 424 g/mol. The van der Waals surface area contributed by atoms with Gasteiger partial charge in [-0.15, -0.1) is 0 Å². The third kappa shape index (κ3) is 3.98. The van der Waals surface area contributed by atoms with E-state index in [4.69, 9.17) is 0 Å². The van der Waals surface area contributed by atoms with Crippen molar-refractivity contribution in [3.8, 4) is 0 Å². The molecule has 0 saturated carbocycles. The van der Waals surface area contributed by atoms with Gasteiger partial charge in [0.2, 0.25) is 0 Å². The Morgan fingerprint density at radius 2 is 1.29 bits per heavy atom. The van der Waals surface area contributed by atoms with Gasteiger partial charge in [-0.25, -0.2) is 17.2 Å². The van der Waals surface area contributed by atoms with Gasteiger partial charge in [0.25, 0.3) is 5.91 Å². The van der Waals surface area contributed by atoms with E-state index in [0.29, 0.717) is 0 Å². The smallest absolute Gasteiger partial charge is 0.254 e. The lowest BCUT2D eigenvalue weighted by molar-refractivity contribution is 0.0655. The van der Waals surface area contributed by atoms with E-state index in [9.17, 15) is 26.8 Å². The fourth-order valence-electron chi connectivity index (χ4n) is 3.41. The molecule has 1 aliphatic heterocycles. The lowest BCUT2D eigenvalue weighted by atomic mass is 9.97. The summed E-state index contributed by atoms with van der Waals surface area (Å²) in [7, 11) is -3.70. The van der Waals surface area contributed by atoms with Crippen LogP contribution in [0.2, 0.25) is 0 Å². The Balaban J connectivity index is 1.52. The minimum atomic E-state index is -3.70. The van der Waals surface area contributed by atoms with Crippen LogP contribution in [0.3, 0.4) is 0 Å². The molecule has 1 amide bonds. The molecule has 0 spiro atoms. The van der Waals surface area contributed by atoms with Crippen LogP contribution in [0.25, 0.3) is 0 Å². The number of hydrogen-bond donors (Lipinski definition) is 0. The summed E-state index contributed by atoms with van der Waals surface area (Å²) in [6.45, 7) is -0.0603. The number of carbonyl (C=O) groups is 2. The largest absolute Gasteiger partial charge is 0.336 e. The Kier molecular flexibility index (Phi) is 5.41. The highest BCUT2D eigenvalue weighted by Crippen LogP contribution is 2.26. The maximum Gasteiger partial charge on any atom is 0.254 e. The van der Waals surface area contributed by atoms with Crippen LogP contribution in [0.5, 0.6) is 0 Å². The van der Waals surface area contributed by atoms with Crippen molar-refractivity contribution in [1.82, 2.24) is 4.90 Å². The van der Waals surface area contributed by atoms with Crippen molar-refractivity contribution in [2.75, 3.05) is 13.1 Å². The van der Waals surface area contributed by atoms with Gasteiger partial charge in [-0.2, -0.15) is 0 Å². The molecule has 1 heterocycles. The summed E-state index contributed by atoms with van der Waals surface area (Å²) in [6.07, 6.45) is 0. The summed E-state index contributed by atoms with van der Waals surface area (Å²) in [5, 5.41) is -0.804. The standard InChI is InChI=1S/C23H17F2NO4S/c24-16-7-5-15(6-8-16)22(27)20-3-1-2-4-21(20)23(28)26-13-19(14-26)31(29,30)18-11-9-17(25)10-12-18/h1-12,19H,13-14H2. The molecular formula is C23H17F2NO4S. The quantitative estimate of drug-likeness (QED) is 0.449. The highest BCUT2D eigenvalue weighted by atomic mass is 32.2. The summed E-state index contributed by atoms with van der Waals surface area (Å²) in [5.74, 6) is -1.90. The second kappa shape index (κ2) is 8.03. The minimum Gasteiger partial charge on any atom is -0.336 e. The maximum absolute atomic E-state index is 13.2. The zero-order valence-electron chi connectivity index (χ0n) is 16.2. The number of halogens is 2. The van der Waals surface area contributed by atoms with Crippen molar-refractivity contribution in [2.45, 2.75) is 10.1 Å². The first-order chi connectivity index (χ1) is 14.8. The molecule has 0 unspecified atom stereocenters. The second-order valence-electron chi connectivity index (χ2n) is 7.21. The van der Waals surface area contributed by atoms with Gasteiger partial charge in [-0.05, 0) is 54.6 Å². The molecule has 3 aromatic rings. The van der Waals surface area contributed by atoms with Crippen LogP contribution in [-0.2, 0) is 9.84 Å². The molecule has 4 rings (SSSR count). The van der Waals surface area contributed by atoms with Gasteiger partial charge in [0, 0.05) is 24.2 Å². The number of benzene rings is 3. The molecule has 0 radical (unpaired) electrons. The SMILES string of the molecule is O=C(c1ccc(F)cc1)c1ccccc1C(=O)N1CC(S(=O)(=O)c2ccc(F)cc2)C1. The van der Waals surface area contributed by atoms with Crippen molar-refractivity contribution < 1.29 is 26.8 Å². The zero-order valence-corrected chi connectivity index (χ0v) is 17.0. The average molecular weight is 441 g/mol. The molecule has 0 aromatic heterocycles. The van der Waals surface area contributed by atoms with E-state index in [1.54, 1.807) is 12.1 Å². The predicted octanol–water partition coefficient (Wildman–Crippen LogP) is 3.49. The number of sulfone groups is 1. The van der Waals surface area contributed by atoms with E-state index in [1.807, 2.05) is 0 Å². The van der Waals surface area contributed by atoms with Gasteiger partial charge in [0.15, 0.2) is 15.6 Å². The van der Waals surface area contributed by atoms with E-state index < -0.39 is 38.4 Å². The van der Waals surface area contributed by atoms with Crippen molar-refractivity contribution in [1.29, 1.82) is 0 Å². The van der Waals surface area contributed by atoms with Crippen LogP contribution in [0, 0.1) is 11.6 Å². The van der Waals surface area contributed by atoms with E-state index in [2.05, 4.69) is 0 Å². The molecule has 158 valence electrons. The van der Waals surface area contributed by atoms with Crippen molar-refractivity contribution in [3.63, 3.8) is 0 Å². The summed E-state index contributed by atoms with van der Waals surface area (Å²) >= 11 is 0. The van der Waals surface area contributed by atoms with Crippen LogP contribution in [-0.4, -0.2) is 43.3 Å². The lowest BCUT2D eigenvalue weighted by Gasteiger charge is -2.38. The number of hydrogen-bond acceptors (Lipinski definition) is 4. The molecule has 5 nitrogen and oxygen atoms in total. The first-order valence-corrected chi connectivity index (χ1v) is 11.0. The van der Waals surface area contributed by atoms with Gasteiger partial charge in [-0.1, -0.05) is 18.2 Å². The number of amides is 1. The summed E-state index contributed by atoms with van der Waals surface area (Å²) in [4.78, 5) is 27.1. The summed E-state index contributed by atoms with van der Waals surface area (Å²) < 4.78 is 51.6. The number of nitrogens with zero attached hydrogens (tertiary/aromatic N) is 1. The summed E-state index contributed by atoms with van der Waals surface area (Å²) in [5.41, 5.74) is 0.542. The lowest BCUT2D eigenvalue weighted by Crippen LogP contribution is -2.57. The molecule has 1 saturated heterocycles. The van der Waals surface area contributed by atoms with Crippen molar-refractivity contribution in [2.24, 2.45) is 0 Å². The molecule has 0 aliphatic carbocycles. The predicted molar refractivity (Wildman–Crippen MR) is 110 cm³/mol. The van der Waals surface area contributed by atoms with Gasteiger partial charge in [0.05, 0.1) is 10.5 Å². The molecule has 0 N–H and O–H groups in total. The molecule has 31 heavy (non-hydrogen) atoms. The number of rotatable bonds is 5. The first-order valence-electron chi connectivity index (χ1n) is 9.45. The molecule has 0 atom stereocenters. The Labute approximate surface area is 177 Å². The maximum atomic E-state index is 13.2. The third-order valence-corrected chi connectivity index (χ3v) is 7.33. The van der Waals surface area contributed by atoms with E-state index in [0.717, 1.165) is 24.3 Å². The Morgan fingerprint density at radius 1 is 0.774 bits per heavy atom. The van der Waals surface area contributed by atoms with Gasteiger partial charge < -0.3 is 4.90 Å². The Hall–Kier alpha value is -3.39. The number of ketones is 1. The van der Waals surface area contributed by atoms with Crippen molar-refractivity contribution in [3.05, 3.63) is 101 Å². The topological polar surface area (TPSA) is 71.5 Å². The van der Waals surface area contributed by atoms with Crippen LogP contribution in [0.4, 0.5) is 8.78 Å². The van der Waals surface area contributed by atoms with Gasteiger partial charge in [-0.3, -0.25) is 9.59 Å². The van der Waals surface area contributed by atoms with Crippen LogP contribution >= 0.6 is 0 Å². The van der Waals surface area contributed by atoms with E-state index in [1.165, 1.54) is 41.3 Å². The number of likely N-dealkylation sites (tertiary alicyclic amines) is 1. The Morgan fingerprint density at radius 3 is 1.87 bits per heavy atom. The molecule has 8 heteroatoms. The average Bonchev–Trinajstić information content (AvgIpc) is 2.73. The van der Waals surface area contributed by atoms with Gasteiger partial charge >= 0.3 is 0 Å². The normalized spacial score (nSPS) is 14.2. The molecule has 1 fully saturated rings. The highest BCUT2D eigenvalue weighted by molar-refractivity contribution is 7.92. The fraction of sp³-hybridized carbons (Fsp3) is 0.130. The van der Waals surface area contributed by atoms with Crippen LogP contribution in [0.15, 0.2) is 77.7 Å². The van der Waals surface area contributed by atoms with Crippen molar-refractivity contribution >= 4 is 21.5 Å². The van der Waals surface area contributed by atoms with Crippen LogP contribution in [0.1, 0.15) is 26.3 Å². The summed E-state index contributed by atoms with van der Waals surface area (Å²) in [6, 6.07) is 15.8. The Bertz CT molecular complexity index is 1250. The fourth-order valence-corrected chi connectivity index (χ4v) is 5.06. The highest BCUT2D eigenvalue weighted by Gasteiger charge is 2.41. The van der Waals surface area contributed by atoms with E-state index >= 15 is 0 Å². The second-order valence-corrected chi connectivity index (χ2v) is 9.44. The van der Waals surface area contributed by atoms with Crippen LogP contribution < -0.4 is 0 Å². The zero-order chi connectivity index (χ0) is 22.2. The third-order valence-electron chi connectivity index (χ3n) is 5.22. The van der Waals surface area contributed by atoms with Gasteiger partial charge in [0.1, 0.15) is 16.9 Å². The molecule has 1 aliphatic rings.